The van der Waals surface area contributed by atoms with Crippen LogP contribution in [0.2, 0.25) is 0 Å². The van der Waals surface area contributed by atoms with Crippen molar-refractivity contribution < 1.29 is 17.9 Å². The van der Waals surface area contributed by atoms with Gasteiger partial charge in [-0.3, -0.25) is 4.79 Å². The Balaban J connectivity index is 1.91. The van der Waals surface area contributed by atoms with E-state index < -0.39 is 16.1 Å². The van der Waals surface area contributed by atoms with Crippen LogP contribution in [-0.4, -0.2) is 33.0 Å². The molecule has 1 saturated carbocycles. The molecule has 6 nitrogen and oxygen atoms in total. The summed E-state index contributed by atoms with van der Waals surface area (Å²) in [5, 5.41) is 3.02. The summed E-state index contributed by atoms with van der Waals surface area (Å²) in [5.74, 6) is 0.310. The number of carbonyl (C=O) groups excluding carboxylic acids is 1. The quantitative estimate of drug-likeness (QED) is 0.692. The van der Waals surface area contributed by atoms with E-state index in [0.29, 0.717) is 5.75 Å². The van der Waals surface area contributed by atoms with Crippen LogP contribution in [0.4, 0.5) is 0 Å². The van der Waals surface area contributed by atoms with E-state index in [9.17, 15) is 13.2 Å². The minimum absolute atomic E-state index is 0.140. The summed E-state index contributed by atoms with van der Waals surface area (Å²) in [6, 6.07) is 6.23. The van der Waals surface area contributed by atoms with Crippen LogP contribution in [-0.2, 0) is 14.8 Å². The van der Waals surface area contributed by atoms with Gasteiger partial charge in [0.05, 0.1) is 4.90 Å². The first-order chi connectivity index (χ1) is 11.9. The second-order valence-corrected chi connectivity index (χ2v) is 7.98. The van der Waals surface area contributed by atoms with E-state index in [2.05, 4.69) is 16.6 Å². The van der Waals surface area contributed by atoms with Crippen LogP contribution >= 0.6 is 0 Å². The molecule has 1 amide bonds. The predicted octanol–water partition coefficient (Wildman–Crippen LogP) is 2.37. The molecular formula is C18H26N2O4S. The first kappa shape index (κ1) is 19.5. The lowest BCUT2D eigenvalue weighted by Crippen LogP contribution is -2.43. The average Bonchev–Trinajstić information content (AvgIpc) is 2.61. The van der Waals surface area contributed by atoms with Crippen molar-refractivity contribution in [2.45, 2.75) is 56.1 Å². The summed E-state index contributed by atoms with van der Waals surface area (Å²) >= 11 is 0. The molecule has 0 unspecified atom stereocenters. The Morgan fingerprint density at radius 2 is 1.92 bits per heavy atom. The summed E-state index contributed by atoms with van der Waals surface area (Å²) in [6.45, 7) is 5.33. The normalized spacial score (nSPS) is 16.8. The van der Waals surface area contributed by atoms with Crippen molar-refractivity contribution in [3.05, 3.63) is 36.9 Å². The molecular weight excluding hydrogens is 340 g/mol. The number of hydrogen-bond acceptors (Lipinski definition) is 4. The Morgan fingerprint density at radius 1 is 1.28 bits per heavy atom. The smallest absolute Gasteiger partial charge is 0.260 e. The molecule has 0 heterocycles. The van der Waals surface area contributed by atoms with Crippen molar-refractivity contribution in [1.29, 1.82) is 0 Å². The molecule has 1 aromatic carbocycles. The molecule has 1 fully saturated rings. The van der Waals surface area contributed by atoms with Crippen LogP contribution in [0.15, 0.2) is 41.8 Å². The minimum atomic E-state index is -3.56. The summed E-state index contributed by atoms with van der Waals surface area (Å²) in [5.41, 5.74) is 0. The Kier molecular flexibility index (Phi) is 7.01. The first-order valence-corrected chi connectivity index (χ1v) is 10.1. The topological polar surface area (TPSA) is 84.5 Å². The minimum Gasteiger partial charge on any atom is -0.481 e. The third kappa shape index (κ3) is 5.86. The van der Waals surface area contributed by atoms with E-state index >= 15 is 0 Å². The molecule has 1 aromatic rings. The Hall–Kier alpha value is -1.86. The summed E-state index contributed by atoms with van der Waals surface area (Å²) in [6.07, 6.45) is 6.40. The maximum Gasteiger partial charge on any atom is 0.260 e. The van der Waals surface area contributed by atoms with Crippen molar-refractivity contribution in [3.8, 4) is 5.75 Å². The third-order valence-corrected chi connectivity index (χ3v) is 5.62. The molecule has 1 atom stereocenters. The molecule has 0 saturated heterocycles. The van der Waals surface area contributed by atoms with E-state index in [0.717, 1.165) is 25.7 Å². The van der Waals surface area contributed by atoms with Crippen LogP contribution in [0, 0.1) is 0 Å². The van der Waals surface area contributed by atoms with Gasteiger partial charge in [-0.15, -0.1) is 6.58 Å². The number of amides is 1. The highest BCUT2D eigenvalue weighted by molar-refractivity contribution is 7.89. The molecule has 2 rings (SSSR count). The van der Waals surface area contributed by atoms with Crippen molar-refractivity contribution in [2.24, 2.45) is 0 Å². The first-order valence-electron chi connectivity index (χ1n) is 8.60. The number of hydrogen-bond donors (Lipinski definition) is 2. The predicted molar refractivity (Wildman–Crippen MR) is 96.9 cm³/mol. The van der Waals surface area contributed by atoms with Gasteiger partial charge in [-0.2, -0.15) is 0 Å². The lowest BCUT2D eigenvalue weighted by molar-refractivity contribution is -0.128. The van der Waals surface area contributed by atoms with Gasteiger partial charge in [-0.05, 0) is 44.0 Å². The SMILES string of the molecule is C=CCNS(=O)(=O)c1ccc(O[C@H](C)C(=O)NC2CCCCC2)cc1. The molecule has 0 spiro atoms. The molecule has 0 bridgehead atoms. The molecule has 0 aliphatic heterocycles. The number of sulfonamides is 1. The second kappa shape index (κ2) is 9.01. The van der Waals surface area contributed by atoms with E-state index in [4.69, 9.17) is 4.74 Å². The van der Waals surface area contributed by atoms with Gasteiger partial charge < -0.3 is 10.1 Å². The summed E-state index contributed by atoms with van der Waals surface area (Å²) in [7, 11) is -3.56. The van der Waals surface area contributed by atoms with Crippen LogP contribution < -0.4 is 14.8 Å². The molecule has 1 aliphatic rings. The zero-order valence-corrected chi connectivity index (χ0v) is 15.3. The molecule has 2 N–H and O–H groups in total. The van der Waals surface area contributed by atoms with Crippen LogP contribution in [0.5, 0.6) is 5.75 Å². The fraction of sp³-hybridized carbons (Fsp3) is 0.500. The maximum atomic E-state index is 12.2. The largest absolute Gasteiger partial charge is 0.481 e. The molecule has 7 heteroatoms. The second-order valence-electron chi connectivity index (χ2n) is 6.22. The highest BCUT2D eigenvalue weighted by atomic mass is 32.2. The van der Waals surface area contributed by atoms with Crippen LogP contribution in [0.1, 0.15) is 39.0 Å². The Labute approximate surface area is 149 Å². The standard InChI is InChI=1S/C18H26N2O4S/c1-3-13-19-25(22,23)17-11-9-16(10-12-17)24-14(2)18(21)20-15-7-5-4-6-8-15/h3,9-12,14-15,19H,1,4-8,13H2,2H3,(H,20,21)/t14-/m1/s1. The van der Waals surface area contributed by atoms with Gasteiger partial charge in [-0.1, -0.05) is 25.3 Å². The van der Waals surface area contributed by atoms with Crippen molar-refractivity contribution in [3.63, 3.8) is 0 Å². The molecule has 25 heavy (non-hydrogen) atoms. The molecule has 1 aliphatic carbocycles. The maximum absolute atomic E-state index is 12.2. The van der Waals surface area contributed by atoms with Crippen molar-refractivity contribution >= 4 is 15.9 Å². The van der Waals surface area contributed by atoms with Gasteiger partial charge in [0.25, 0.3) is 5.91 Å². The van der Waals surface area contributed by atoms with E-state index in [1.54, 1.807) is 19.1 Å². The summed E-state index contributed by atoms with van der Waals surface area (Å²) < 4.78 is 32.0. The van der Waals surface area contributed by atoms with Gasteiger partial charge in [0.15, 0.2) is 6.10 Å². The number of ether oxygens (including phenoxy) is 1. The van der Waals surface area contributed by atoms with Crippen LogP contribution in [0.3, 0.4) is 0 Å². The lowest BCUT2D eigenvalue weighted by Gasteiger charge is -2.24. The van der Waals surface area contributed by atoms with Gasteiger partial charge >= 0.3 is 0 Å². The molecule has 138 valence electrons. The Bertz CT molecular complexity index is 680. The fourth-order valence-electron chi connectivity index (χ4n) is 2.77. The highest BCUT2D eigenvalue weighted by Crippen LogP contribution is 2.19. The monoisotopic (exact) mass is 366 g/mol. The van der Waals surface area contributed by atoms with E-state index in [1.807, 2.05) is 0 Å². The number of nitrogens with one attached hydrogen (secondary N) is 2. The average molecular weight is 366 g/mol. The fourth-order valence-corrected chi connectivity index (χ4v) is 3.77. The lowest BCUT2D eigenvalue weighted by atomic mass is 9.95. The van der Waals surface area contributed by atoms with Gasteiger partial charge in [-0.25, -0.2) is 13.1 Å². The van der Waals surface area contributed by atoms with Crippen LogP contribution in [0.25, 0.3) is 0 Å². The Morgan fingerprint density at radius 3 is 2.52 bits per heavy atom. The zero-order chi connectivity index (χ0) is 18.3. The molecule has 0 radical (unpaired) electrons. The third-order valence-electron chi connectivity index (χ3n) is 4.19. The van der Waals surface area contributed by atoms with E-state index in [-0.39, 0.29) is 23.4 Å². The van der Waals surface area contributed by atoms with Crippen molar-refractivity contribution in [2.75, 3.05) is 6.54 Å². The zero-order valence-electron chi connectivity index (χ0n) is 14.5. The van der Waals surface area contributed by atoms with E-state index in [1.165, 1.54) is 24.6 Å². The van der Waals surface area contributed by atoms with Crippen molar-refractivity contribution in [1.82, 2.24) is 10.0 Å². The number of carbonyl (C=O) groups is 1. The van der Waals surface area contributed by atoms with Gasteiger partial charge in [0.1, 0.15) is 5.75 Å². The van der Waals surface area contributed by atoms with Gasteiger partial charge in [0.2, 0.25) is 10.0 Å². The highest BCUT2D eigenvalue weighted by Gasteiger charge is 2.21. The van der Waals surface area contributed by atoms with Gasteiger partial charge in [0, 0.05) is 12.6 Å². The number of rotatable bonds is 8. The number of benzene rings is 1. The molecule has 0 aromatic heterocycles. The summed E-state index contributed by atoms with van der Waals surface area (Å²) in [4.78, 5) is 12.3.